The largest absolute Gasteiger partial charge is 0.416 e. The van der Waals surface area contributed by atoms with Crippen LogP contribution < -0.4 is 5.73 Å². The molecule has 0 aliphatic heterocycles. The summed E-state index contributed by atoms with van der Waals surface area (Å²) < 4.78 is 54.0. The van der Waals surface area contributed by atoms with Gasteiger partial charge in [-0.15, -0.1) is 0 Å². The van der Waals surface area contributed by atoms with Crippen molar-refractivity contribution in [3.8, 4) is 0 Å². The highest BCUT2D eigenvalue weighted by atomic mass is 32.2. The van der Waals surface area contributed by atoms with Crippen molar-refractivity contribution in [2.45, 2.75) is 17.1 Å². The third-order valence-corrected chi connectivity index (χ3v) is 3.68. The van der Waals surface area contributed by atoms with Crippen molar-refractivity contribution in [1.29, 1.82) is 0 Å². The molecule has 18 heavy (non-hydrogen) atoms. The molecule has 3 nitrogen and oxygen atoms in total. The van der Waals surface area contributed by atoms with Crippen LogP contribution in [-0.4, -0.2) is 29.7 Å². The van der Waals surface area contributed by atoms with E-state index in [1.165, 1.54) is 19.2 Å². The van der Waals surface area contributed by atoms with E-state index < -0.39 is 28.6 Å². The van der Waals surface area contributed by atoms with Gasteiger partial charge in [-0.3, -0.25) is 4.21 Å². The van der Waals surface area contributed by atoms with Crippen LogP contribution in [0.15, 0.2) is 29.2 Å². The van der Waals surface area contributed by atoms with Gasteiger partial charge in [0.15, 0.2) is 0 Å². The summed E-state index contributed by atoms with van der Waals surface area (Å²) in [4.78, 5) is 0.122. The predicted octanol–water partition coefficient (Wildman–Crippen LogP) is 1.79. The van der Waals surface area contributed by atoms with E-state index in [-0.39, 0.29) is 17.3 Å². The number of methoxy groups -OCH3 is 1. The van der Waals surface area contributed by atoms with Crippen molar-refractivity contribution in [2.75, 3.05) is 19.5 Å². The van der Waals surface area contributed by atoms with E-state index >= 15 is 0 Å². The molecule has 2 atom stereocenters. The zero-order chi connectivity index (χ0) is 13.8. The Morgan fingerprint density at radius 2 is 2.11 bits per heavy atom. The molecule has 0 aliphatic rings. The molecule has 0 aliphatic carbocycles. The first kappa shape index (κ1) is 15.1. The third kappa shape index (κ3) is 4.40. The molecule has 0 fully saturated rings. The lowest BCUT2D eigenvalue weighted by Gasteiger charge is -2.11. The van der Waals surface area contributed by atoms with Crippen molar-refractivity contribution in [3.63, 3.8) is 0 Å². The van der Waals surface area contributed by atoms with E-state index in [4.69, 9.17) is 10.5 Å². The maximum Gasteiger partial charge on any atom is 0.416 e. The summed E-state index contributed by atoms with van der Waals surface area (Å²) in [7, 11) is -0.114. The first-order valence-electron chi connectivity index (χ1n) is 5.14. The molecule has 0 saturated heterocycles. The number of nitrogens with two attached hydrogens (primary N) is 1. The van der Waals surface area contributed by atoms with E-state index in [2.05, 4.69) is 0 Å². The molecule has 0 spiro atoms. The Bertz CT molecular complexity index is 423. The first-order chi connectivity index (χ1) is 8.34. The molecule has 1 rings (SSSR count). The fourth-order valence-corrected chi connectivity index (χ4v) is 2.53. The second-order valence-corrected chi connectivity index (χ2v) is 5.25. The summed E-state index contributed by atoms with van der Waals surface area (Å²) >= 11 is 0. The number of hydrogen-bond acceptors (Lipinski definition) is 3. The monoisotopic (exact) mass is 281 g/mol. The Balaban J connectivity index is 2.81. The van der Waals surface area contributed by atoms with E-state index in [1.807, 2.05) is 0 Å². The average Bonchev–Trinajstić information content (AvgIpc) is 2.28. The molecule has 0 aromatic heterocycles. The van der Waals surface area contributed by atoms with Crippen LogP contribution in [0.25, 0.3) is 0 Å². The van der Waals surface area contributed by atoms with Gasteiger partial charge in [0.05, 0.1) is 23.0 Å². The number of hydrogen-bond donors (Lipinski definition) is 1. The van der Waals surface area contributed by atoms with Crippen molar-refractivity contribution in [1.82, 2.24) is 0 Å². The molecule has 1 aromatic rings. The van der Waals surface area contributed by atoms with Crippen LogP contribution in [0.5, 0.6) is 0 Å². The number of ether oxygens (including phenoxy) is 1. The van der Waals surface area contributed by atoms with Gasteiger partial charge in [0.25, 0.3) is 0 Å². The summed E-state index contributed by atoms with van der Waals surface area (Å²) in [5.74, 6) is 0.0646. The maximum absolute atomic E-state index is 12.5. The van der Waals surface area contributed by atoms with Crippen molar-refractivity contribution in [2.24, 2.45) is 5.73 Å². The van der Waals surface area contributed by atoms with E-state index in [0.717, 1.165) is 12.1 Å². The molecule has 2 N–H and O–H groups in total. The smallest absolute Gasteiger partial charge is 0.383 e. The molecule has 0 saturated carbocycles. The Hall–Kier alpha value is -0.920. The van der Waals surface area contributed by atoms with Crippen LogP contribution in [-0.2, 0) is 21.7 Å². The van der Waals surface area contributed by atoms with Gasteiger partial charge in [-0.25, -0.2) is 0 Å². The number of alkyl halides is 3. The van der Waals surface area contributed by atoms with Crippen molar-refractivity contribution < 1.29 is 22.1 Å². The van der Waals surface area contributed by atoms with Crippen LogP contribution in [0.4, 0.5) is 13.2 Å². The van der Waals surface area contributed by atoms with E-state index in [0.29, 0.717) is 0 Å². The summed E-state index contributed by atoms with van der Waals surface area (Å²) in [6, 6.07) is 3.99. The van der Waals surface area contributed by atoms with E-state index in [9.17, 15) is 17.4 Å². The molecule has 102 valence electrons. The van der Waals surface area contributed by atoms with E-state index in [1.54, 1.807) is 0 Å². The summed E-state index contributed by atoms with van der Waals surface area (Å²) in [6.45, 7) is 0.213. The highest BCUT2D eigenvalue weighted by Gasteiger charge is 2.30. The number of benzene rings is 1. The quantitative estimate of drug-likeness (QED) is 0.895. The van der Waals surface area contributed by atoms with Crippen LogP contribution in [0.1, 0.15) is 5.56 Å². The van der Waals surface area contributed by atoms with Gasteiger partial charge in [0.2, 0.25) is 0 Å². The topological polar surface area (TPSA) is 52.3 Å². The Morgan fingerprint density at radius 3 is 2.67 bits per heavy atom. The SMILES string of the molecule is COCC(N)CS(=O)c1cccc(C(F)(F)F)c1. The Kier molecular flexibility index (Phi) is 5.30. The van der Waals surface area contributed by atoms with Gasteiger partial charge >= 0.3 is 6.18 Å². The van der Waals surface area contributed by atoms with Crippen LogP contribution in [0, 0.1) is 0 Å². The average molecular weight is 281 g/mol. The highest BCUT2D eigenvalue weighted by molar-refractivity contribution is 7.85. The zero-order valence-electron chi connectivity index (χ0n) is 9.74. The zero-order valence-corrected chi connectivity index (χ0v) is 10.6. The van der Waals surface area contributed by atoms with Gasteiger partial charge in [-0.2, -0.15) is 13.2 Å². The minimum atomic E-state index is -4.44. The number of halogens is 3. The second kappa shape index (κ2) is 6.31. The molecule has 1 aromatic carbocycles. The molecule has 2 unspecified atom stereocenters. The molecule has 0 amide bonds. The van der Waals surface area contributed by atoms with Gasteiger partial charge in [-0.1, -0.05) is 6.07 Å². The normalized spacial score (nSPS) is 15.4. The molecular weight excluding hydrogens is 267 g/mol. The summed E-state index contributed by atoms with van der Waals surface area (Å²) in [5.41, 5.74) is 4.79. The maximum atomic E-state index is 12.5. The lowest BCUT2D eigenvalue weighted by molar-refractivity contribution is -0.137. The fourth-order valence-electron chi connectivity index (χ4n) is 1.37. The molecule has 7 heteroatoms. The Labute approximate surface area is 106 Å². The summed E-state index contributed by atoms with van der Waals surface area (Å²) in [5, 5.41) is 0. The van der Waals surface area contributed by atoms with Crippen molar-refractivity contribution in [3.05, 3.63) is 29.8 Å². The second-order valence-electron chi connectivity index (χ2n) is 3.75. The molecular formula is C11H14F3NO2S. The van der Waals surface area contributed by atoms with Crippen LogP contribution >= 0.6 is 0 Å². The lowest BCUT2D eigenvalue weighted by atomic mass is 10.2. The first-order valence-corrected chi connectivity index (χ1v) is 6.46. The molecule has 0 heterocycles. The van der Waals surface area contributed by atoms with Crippen LogP contribution in [0.3, 0.4) is 0 Å². The van der Waals surface area contributed by atoms with Gasteiger partial charge in [-0.05, 0) is 18.2 Å². The third-order valence-electron chi connectivity index (χ3n) is 2.17. The standard InChI is InChI=1S/C11H14F3NO2S/c1-17-6-9(15)7-18(16)10-4-2-3-8(5-10)11(12,13)14/h2-5,9H,6-7,15H2,1H3. The molecule has 0 bridgehead atoms. The van der Waals surface area contributed by atoms with Gasteiger partial charge in [0, 0.05) is 23.8 Å². The minimum absolute atomic E-state index is 0.0646. The fraction of sp³-hybridized carbons (Fsp3) is 0.455. The minimum Gasteiger partial charge on any atom is -0.383 e. The highest BCUT2D eigenvalue weighted by Crippen LogP contribution is 2.30. The van der Waals surface area contributed by atoms with Gasteiger partial charge < -0.3 is 10.5 Å². The molecule has 0 radical (unpaired) electrons. The lowest BCUT2D eigenvalue weighted by Crippen LogP contribution is -2.31. The van der Waals surface area contributed by atoms with Crippen LogP contribution in [0.2, 0.25) is 0 Å². The number of rotatable bonds is 5. The van der Waals surface area contributed by atoms with Crippen molar-refractivity contribution >= 4 is 10.8 Å². The summed E-state index contributed by atoms with van der Waals surface area (Å²) in [6.07, 6.45) is -4.44. The Morgan fingerprint density at radius 1 is 1.44 bits per heavy atom. The predicted molar refractivity (Wildman–Crippen MR) is 62.6 cm³/mol. The van der Waals surface area contributed by atoms with Gasteiger partial charge in [0.1, 0.15) is 0 Å².